The molecule has 2 aliphatic rings. The van der Waals surface area contributed by atoms with Gasteiger partial charge in [0, 0.05) is 73.9 Å². The van der Waals surface area contributed by atoms with Gasteiger partial charge in [-0.2, -0.15) is 0 Å². The zero-order valence-corrected chi connectivity index (χ0v) is 52.3. The van der Waals surface area contributed by atoms with Crippen molar-refractivity contribution in [3.05, 3.63) is 192 Å². The lowest BCUT2D eigenvalue weighted by Crippen LogP contribution is -2.39. The summed E-state index contributed by atoms with van der Waals surface area (Å²) in [6.07, 6.45) is -0.543. The van der Waals surface area contributed by atoms with E-state index in [9.17, 15) is 0 Å². The topological polar surface area (TPSA) is 86.8 Å². The van der Waals surface area contributed by atoms with Crippen LogP contribution >= 0.6 is 0 Å². The summed E-state index contributed by atoms with van der Waals surface area (Å²) in [6.45, 7) is 17.5. The molecule has 0 amide bonds. The smallest absolute Gasteiger partial charge is 0.119 e. The van der Waals surface area contributed by atoms with E-state index in [1.807, 2.05) is 48.5 Å². The van der Waals surface area contributed by atoms with E-state index in [0.29, 0.717) is 0 Å². The normalized spacial score (nSPS) is 16.6. The van der Waals surface area contributed by atoms with E-state index in [2.05, 4.69) is 196 Å². The van der Waals surface area contributed by atoms with Gasteiger partial charge < -0.3 is 57.5 Å². The Bertz CT molecular complexity index is 3100. The van der Waals surface area contributed by atoms with Gasteiger partial charge in [0.2, 0.25) is 0 Å². The summed E-state index contributed by atoms with van der Waals surface area (Å²) < 4.78 is 47.5. The minimum absolute atomic E-state index is 0.0870. The van der Waals surface area contributed by atoms with Crippen molar-refractivity contribution in [1.82, 2.24) is 0 Å². The lowest BCUT2D eigenvalue weighted by atomic mass is 9.70. The lowest BCUT2D eigenvalue weighted by molar-refractivity contribution is 0.100. The van der Waals surface area contributed by atoms with Crippen LogP contribution in [-0.4, -0.2) is 105 Å². The highest BCUT2D eigenvalue weighted by molar-refractivity contribution is 5.98. The average Bonchev–Trinajstić information content (AvgIpc) is 1.54. The van der Waals surface area contributed by atoms with E-state index in [1.54, 1.807) is 56.9 Å². The average molecular weight is 1150 g/mol. The minimum atomic E-state index is -0.917. The Labute approximate surface area is 504 Å². The Morgan fingerprint density at radius 2 is 0.424 bits per heavy atom. The van der Waals surface area contributed by atoms with Crippen LogP contribution in [0.25, 0.3) is 22.3 Å². The lowest BCUT2D eigenvalue weighted by Gasteiger charge is -2.38. The molecule has 0 aromatic heterocycles. The number of ether oxygens (including phenoxy) is 8. The number of nitrogens with zero attached hydrogens (tertiary/aromatic N) is 4. The molecule has 444 valence electrons. The van der Waals surface area contributed by atoms with Crippen molar-refractivity contribution in [2.24, 2.45) is 0 Å². The number of fused-ring (bicyclic) bond motifs is 10. The van der Waals surface area contributed by atoms with Crippen LogP contribution in [0.3, 0.4) is 0 Å². The molecule has 85 heavy (non-hydrogen) atoms. The van der Waals surface area contributed by atoms with Crippen molar-refractivity contribution in [2.75, 3.05) is 76.5 Å². The number of hydrogen-bond acceptors (Lipinski definition) is 12. The molecule has 7 unspecified atom stereocenters. The zero-order valence-electron chi connectivity index (χ0n) is 52.3. The van der Waals surface area contributed by atoms with Crippen LogP contribution in [0.4, 0.5) is 45.5 Å². The molecule has 8 aromatic carbocycles. The molecule has 1 spiro atoms. The number of hydrogen-bond donors (Lipinski definition) is 0. The fourth-order valence-corrected chi connectivity index (χ4v) is 12.9. The van der Waals surface area contributed by atoms with Crippen LogP contribution in [-0.2, 0) is 24.4 Å². The van der Waals surface area contributed by atoms with Gasteiger partial charge in [0.25, 0.3) is 0 Å². The Balaban J connectivity index is 1.34. The third kappa shape index (κ3) is 10.8. The van der Waals surface area contributed by atoms with Crippen molar-refractivity contribution in [1.29, 1.82) is 0 Å². The molecule has 0 saturated carbocycles. The molecule has 8 aromatic rings. The molecule has 12 nitrogen and oxygen atoms in total. The van der Waals surface area contributed by atoms with Gasteiger partial charge in [-0.25, -0.2) is 0 Å². The molecule has 0 saturated heterocycles. The van der Waals surface area contributed by atoms with Gasteiger partial charge in [0.05, 0.1) is 82.4 Å². The number of methoxy groups -OCH3 is 8. The van der Waals surface area contributed by atoms with Crippen LogP contribution in [0.15, 0.2) is 170 Å². The van der Waals surface area contributed by atoms with Crippen molar-refractivity contribution in [2.45, 2.75) is 109 Å². The highest BCUT2D eigenvalue weighted by Gasteiger charge is 2.53. The van der Waals surface area contributed by atoms with Gasteiger partial charge in [-0.15, -0.1) is 0 Å². The summed E-state index contributed by atoms with van der Waals surface area (Å²) in [6, 6.07) is 61.4. The summed E-state index contributed by atoms with van der Waals surface area (Å²) in [5.74, 6) is 3.15. The first-order valence-electron chi connectivity index (χ1n) is 29.5. The van der Waals surface area contributed by atoms with Gasteiger partial charge in [-0.1, -0.05) is 24.3 Å². The molecule has 0 radical (unpaired) electrons. The maximum absolute atomic E-state index is 6.17. The second-order valence-corrected chi connectivity index (χ2v) is 22.7. The van der Waals surface area contributed by atoms with Gasteiger partial charge in [-0.3, -0.25) is 0 Å². The fraction of sp³-hybridized carbons (Fsp3) is 0.342. The van der Waals surface area contributed by atoms with Crippen molar-refractivity contribution in [3.8, 4) is 45.3 Å². The van der Waals surface area contributed by atoms with Crippen LogP contribution in [0.1, 0.15) is 77.6 Å². The molecule has 0 N–H and O–H groups in total. The molecule has 0 aliphatic heterocycles. The SMILES string of the molecule is COc1ccc(N(c2ccc3c(c2)C2(c4cc(N(c5ccc(OC)cc5)C(C)C(C)OC)ccc4-3)c3cc(N(c4ccc(OC)cc4)C(C)C(C)OC)ccc3-c3ccc(N(c4ccc(OC)cc4)C(C)[C@H](C)OC)cc32)C(C)C(C)OC)cc1. The van der Waals surface area contributed by atoms with Crippen LogP contribution < -0.4 is 38.5 Å². The van der Waals surface area contributed by atoms with Crippen LogP contribution in [0.2, 0.25) is 0 Å². The van der Waals surface area contributed by atoms with Crippen molar-refractivity contribution >= 4 is 45.5 Å². The predicted octanol–water partition coefficient (Wildman–Crippen LogP) is 16.3. The highest BCUT2D eigenvalue weighted by Crippen LogP contribution is 2.65. The summed E-state index contributed by atoms with van der Waals surface area (Å²) in [4.78, 5) is 9.66. The van der Waals surface area contributed by atoms with Gasteiger partial charge in [0.1, 0.15) is 23.0 Å². The molecule has 0 fully saturated rings. The molecule has 0 heterocycles. The first kappa shape index (κ1) is 60.1. The van der Waals surface area contributed by atoms with Crippen LogP contribution in [0.5, 0.6) is 23.0 Å². The molecule has 10 rings (SSSR count). The molecule has 2 aliphatic carbocycles. The van der Waals surface area contributed by atoms with E-state index in [0.717, 1.165) is 90.8 Å². The summed E-state index contributed by atoms with van der Waals surface area (Å²) in [7, 11) is 14.0. The summed E-state index contributed by atoms with van der Waals surface area (Å²) in [5, 5.41) is 0. The van der Waals surface area contributed by atoms with E-state index in [4.69, 9.17) is 37.9 Å². The molecular formula is C73H84N4O8. The van der Waals surface area contributed by atoms with Gasteiger partial charge in [0.15, 0.2) is 0 Å². The molecular weight excluding hydrogens is 1060 g/mol. The second-order valence-electron chi connectivity index (χ2n) is 22.7. The minimum Gasteiger partial charge on any atom is -0.497 e. The zero-order chi connectivity index (χ0) is 60.4. The Hall–Kier alpha value is -8.00. The monoisotopic (exact) mass is 1140 g/mol. The third-order valence-electron chi connectivity index (χ3n) is 18.6. The quantitative estimate of drug-likeness (QED) is 0.0577. The second kappa shape index (κ2) is 25.3. The summed E-state index contributed by atoms with van der Waals surface area (Å²) >= 11 is 0. The summed E-state index contributed by atoms with van der Waals surface area (Å²) in [5.41, 5.74) is 16.5. The van der Waals surface area contributed by atoms with Crippen molar-refractivity contribution in [3.63, 3.8) is 0 Å². The molecule has 12 heteroatoms. The maximum Gasteiger partial charge on any atom is 0.119 e. The number of anilines is 8. The third-order valence-corrected chi connectivity index (χ3v) is 18.6. The van der Waals surface area contributed by atoms with Crippen LogP contribution in [0, 0.1) is 0 Å². The number of rotatable bonds is 24. The maximum atomic E-state index is 6.17. The Kier molecular flexibility index (Phi) is 17.9. The predicted molar refractivity (Wildman–Crippen MR) is 347 cm³/mol. The Morgan fingerprint density at radius 3 is 0.588 bits per heavy atom. The molecule has 0 bridgehead atoms. The largest absolute Gasteiger partial charge is 0.497 e. The number of benzene rings is 8. The fourth-order valence-electron chi connectivity index (χ4n) is 12.9. The van der Waals surface area contributed by atoms with E-state index in [1.165, 1.54) is 22.3 Å². The standard InChI is InChI=1S/C73H84N4O8/c1-45(49(5)78-9)74(53-17-29-61(82-13)30-18-53)57-25-37-65-66-38-26-58(75(46(2)50(6)79-10)54-19-31-62(83-14)32-20-54)42-70(66)73(69(65)41-57)71-43-59(76(47(3)51(7)80-11)55-21-33-63(84-15)34-22-55)27-39-67(71)68-40-28-60(44-72(68)73)77(48(4)52(8)81-12)56-23-35-64(85-16)36-24-56/h17-52H,1-16H3/t45?,46?,47?,48?,49-,50?,51?,52?,73?/m0/s1. The first-order chi connectivity index (χ1) is 41.1. The van der Waals surface area contributed by atoms with Gasteiger partial charge in [-0.05, 0) is 245 Å². The Morgan fingerprint density at radius 1 is 0.247 bits per heavy atom. The van der Waals surface area contributed by atoms with Crippen molar-refractivity contribution < 1.29 is 37.9 Å². The van der Waals surface area contributed by atoms with E-state index >= 15 is 0 Å². The molecule has 8 atom stereocenters. The van der Waals surface area contributed by atoms with E-state index in [-0.39, 0.29) is 48.6 Å². The van der Waals surface area contributed by atoms with Gasteiger partial charge >= 0.3 is 0 Å². The first-order valence-corrected chi connectivity index (χ1v) is 29.5. The highest BCUT2D eigenvalue weighted by atomic mass is 16.5. The van der Waals surface area contributed by atoms with E-state index < -0.39 is 5.41 Å².